The van der Waals surface area contributed by atoms with Crippen LogP contribution in [0.3, 0.4) is 0 Å². The van der Waals surface area contributed by atoms with Gasteiger partial charge in [-0.15, -0.1) is 0 Å². The number of hydrogen-bond donors (Lipinski definition) is 0. The Hall–Kier alpha value is -2.17. The maximum absolute atomic E-state index is 12.7. The van der Waals surface area contributed by atoms with E-state index in [0.717, 1.165) is 55.8 Å². The molecule has 3 aliphatic heterocycles. The van der Waals surface area contributed by atoms with Crippen molar-refractivity contribution in [3.8, 4) is 17.2 Å². The molecule has 2 bridgehead atoms. The van der Waals surface area contributed by atoms with Gasteiger partial charge in [0.2, 0.25) is 0 Å². The predicted octanol–water partition coefficient (Wildman–Crippen LogP) is 4.69. The summed E-state index contributed by atoms with van der Waals surface area (Å²) in [5.41, 5.74) is 1.67. The van der Waals surface area contributed by atoms with Gasteiger partial charge in [-0.25, -0.2) is 0 Å². The van der Waals surface area contributed by atoms with Crippen LogP contribution in [0, 0.1) is 11.8 Å². The number of allylic oxidation sites excluding steroid dienone is 1. The van der Waals surface area contributed by atoms with E-state index >= 15 is 0 Å². The Kier molecular flexibility index (Phi) is 6.02. The predicted molar refractivity (Wildman–Crippen MR) is 113 cm³/mol. The van der Waals surface area contributed by atoms with Gasteiger partial charge in [-0.3, -0.25) is 4.79 Å². The number of ether oxygens (including phenoxy) is 3. The van der Waals surface area contributed by atoms with Crippen molar-refractivity contribution in [2.75, 3.05) is 27.3 Å². The van der Waals surface area contributed by atoms with Gasteiger partial charge in [-0.05, 0) is 56.6 Å². The van der Waals surface area contributed by atoms with Crippen LogP contribution in [0.2, 0.25) is 0 Å². The summed E-state index contributed by atoms with van der Waals surface area (Å²) in [4.78, 5) is 14.9. The quantitative estimate of drug-likeness (QED) is 0.650. The Labute approximate surface area is 174 Å². The van der Waals surface area contributed by atoms with Crippen molar-refractivity contribution >= 4 is 11.9 Å². The third-order valence-electron chi connectivity index (χ3n) is 6.91. The van der Waals surface area contributed by atoms with Gasteiger partial charge in [0.15, 0.2) is 17.3 Å². The lowest BCUT2D eigenvalue weighted by atomic mass is 9.84. The molecule has 1 saturated carbocycles. The van der Waals surface area contributed by atoms with Crippen LogP contribution in [-0.4, -0.2) is 44.1 Å². The number of carbonyl (C=O) groups is 1. The number of fused-ring (bicyclic) bond motifs is 3. The molecule has 3 heterocycles. The van der Waals surface area contributed by atoms with Crippen molar-refractivity contribution in [2.24, 2.45) is 11.8 Å². The molecule has 3 saturated heterocycles. The molecule has 5 nitrogen and oxygen atoms in total. The molecule has 1 aliphatic carbocycles. The molecule has 2 unspecified atom stereocenters. The second kappa shape index (κ2) is 8.68. The van der Waals surface area contributed by atoms with E-state index in [-0.39, 0.29) is 17.8 Å². The Balaban J connectivity index is 1.64. The largest absolute Gasteiger partial charge is 0.496 e. The summed E-state index contributed by atoms with van der Waals surface area (Å²) in [6.07, 6.45) is 10.1. The van der Waals surface area contributed by atoms with Gasteiger partial charge in [0.05, 0.1) is 19.9 Å². The molecule has 158 valence electrons. The Bertz CT molecular complexity index is 779. The van der Waals surface area contributed by atoms with Crippen LogP contribution in [0.5, 0.6) is 17.2 Å². The van der Waals surface area contributed by atoms with Gasteiger partial charge >= 0.3 is 0 Å². The zero-order valence-corrected chi connectivity index (χ0v) is 17.9. The van der Waals surface area contributed by atoms with E-state index in [1.54, 1.807) is 14.2 Å². The average Bonchev–Trinajstić information content (AvgIpc) is 2.77. The molecule has 0 aromatic heterocycles. The Morgan fingerprint density at radius 1 is 1.00 bits per heavy atom. The van der Waals surface area contributed by atoms with Gasteiger partial charge in [0.1, 0.15) is 11.9 Å². The summed E-state index contributed by atoms with van der Waals surface area (Å²) in [6.45, 7) is 4.16. The highest BCUT2D eigenvalue weighted by molar-refractivity contribution is 6.02. The minimum atomic E-state index is 0.180. The smallest absolute Gasteiger partial charge is 0.182 e. The summed E-state index contributed by atoms with van der Waals surface area (Å²) >= 11 is 0. The molecule has 0 radical (unpaired) electrons. The SMILES string of the molecule is CCC1CCCCC1Oc1cc(OC)c(/C=C2/C(=O)C3CCN2CC3)cc1OC. The first kappa shape index (κ1) is 20.1. The number of piperidine rings is 3. The van der Waals surface area contributed by atoms with E-state index in [2.05, 4.69) is 11.8 Å². The summed E-state index contributed by atoms with van der Waals surface area (Å²) in [5.74, 6) is 3.17. The van der Waals surface area contributed by atoms with E-state index in [4.69, 9.17) is 14.2 Å². The summed E-state index contributed by atoms with van der Waals surface area (Å²) < 4.78 is 17.8. The third kappa shape index (κ3) is 3.96. The highest BCUT2D eigenvalue weighted by atomic mass is 16.5. The number of ketones is 1. The van der Waals surface area contributed by atoms with Crippen molar-refractivity contribution in [1.29, 1.82) is 0 Å². The van der Waals surface area contributed by atoms with Crippen molar-refractivity contribution in [1.82, 2.24) is 4.90 Å². The number of nitrogens with zero attached hydrogens (tertiary/aromatic N) is 1. The fraction of sp³-hybridized carbons (Fsp3) is 0.625. The highest BCUT2D eigenvalue weighted by Gasteiger charge is 2.36. The minimum Gasteiger partial charge on any atom is -0.496 e. The minimum absolute atomic E-state index is 0.180. The standard InChI is InChI=1S/C24H33NO4/c1-4-16-7-5-6-8-20(16)29-23-15-21(27-2)18(14-22(23)28-3)13-19-24(26)17-9-11-25(19)12-10-17/h13-17,20H,4-12H2,1-3H3/b19-13-. The topological polar surface area (TPSA) is 48.0 Å². The molecule has 4 aliphatic rings. The van der Waals surface area contributed by atoms with Crippen LogP contribution >= 0.6 is 0 Å². The molecule has 5 heteroatoms. The molecule has 1 aromatic carbocycles. The van der Waals surface area contributed by atoms with Crippen molar-refractivity contribution in [3.63, 3.8) is 0 Å². The number of rotatable bonds is 6. The maximum Gasteiger partial charge on any atom is 0.182 e. The molecule has 0 N–H and O–H groups in total. The van der Waals surface area contributed by atoms with Crippen LogP contribution in [-0.2, 0) is 4.79 Å². The first-order valence-corrected chi connectivity index (χ1v) is 11.1. The normalized spacial score (nSPS) is 26.1. The lowest BCUT2D eigenvalue weighted by Gasteiger charge is -2.41. The Morgan fingerprint density at radius 3 is 2.38 bits per heavy atom. The Morgan fingerprint density at radius 2 is 1.72 bits per heavy atom. The third-order valence-corrected chi connectivity index (χ3v) is 6.91. The number of hydrogen-bond acceptors (Lipinski definition) is 5. The van der Waals surface area contributed by atoms with Crippen LogP contribution in [0.4, 0.5) is 0 Å². The van der Waals surface area contributed by atoms with Gasteiger partial charge in [0.25, 0.3) is 0 Å². The maximum atomic E-state index is 12.7. The molecule has 0 spiro atoms. The zero-order chi connectivity index (χ0) is 20.4. The van der Waals surface area contributed by atoms with Crippen LogP contribution in [0.15, 0.2) is 17.8 Å². The number of benzene rings is 1. The summed E-state index contributed by atoms with van der Waals surface area (Å²) in [5, 5.41) is 0. The van der Waals surface area contributed by atoms with E-state index in [1.165, 1.54) is 19.3 Å². The average molecular weight is 400 g/mol. The van der Waals surface area contributed by atoms with E-state index in [9.17, 15) is 4.79 Å². The van der Waals surface area contributed by atoms with E-state index in [0.29, 0.717) is 17.4 Å². The monoisotopic (exact) mass is 399 g/mol. The molecule has 4 fully saturated rings. The molecular weight excluding hydrogens is 366 g/mol. The first-order valence-electron chi connectivity index (χ1n) is 11.1. The molecule has 1 aromatic rings. The van der Waals surface area contributed by atoms with Gasteiger partial charge in [0, 0.05) is 30.6 Å². The lowest BCUT2D eigenvalue weighted by Crippen LogP contribution is -2.45. The lowest BCUT2D eigenvalue weighted by molar-refractivity contribution is -0.125. The van der Waals surface area contributed by atoms with Crippen LogP contribution in [0.25, 0.3) is 6.08 Å². The molecule has 29 heavy (non-hydrogen) atoms. The van der Waals surface area contributed by atoms with Crippen molar-refractivity contribution in [3.05, 3.63) is 23.4 Å². The molecule has 2 atom stereocenters. The molecule has 0 amide bonds. The first-order chi connectivity index (χ1) is 14.1. The van der Waals surface area contributed by atoms with Crippen molar-refractivity contribution < 1.29 is 19.0 Å². The van der Waals surface area contributed by atoms with Gasteiger partial charge < -0.3 is 19.1 Å². The van der Waals surface area contributed by atoms with E-state index in [1.807, 2.05) is 18.2 Å². The van der Waals surface area contributed by atoms with Crippen LogP contribution in [0.1, 0.15) is 57.4 Å². The second-order valence-corrected chi connectivity index (χ2v) is 8.51. The zero-order valence-electron chi connectivity index (χ0n) is 17.9. The number of methoxy groups -OCH3 is 2. The van der Waals surface area contributed by atoms with E-state index < -0.39 is 0 Å². The van der Waals surface area contributed by atoms with Gasteiger partial charge in [-0.1, -0.05) is 13.3 Å². The molecular formula is C24H33NO4. The number of Topliss-reactive ketones (excluding diaryl/α,β-unsaturated/α-hetero) is 1. The summed E-state index contributed by atoms with van der Waals surface area (Å²) in [7, 11) is 3.33. The fourth-order valence-corrected chi connectivity index (χ4v) is 5.11. The van der Waals surface area contributed by atoms with Crippen LogP contribution < -0.4 is 14.2 Å². The molecule has 5 rings (SSSR count). The summed E-state index contributed by atoms with van der Waals surface area (Å²) in [6, 6.07) is 3.87. The second-order valence-electron chi connectivity index (χ2n) is 8.51. The highest BCUT2D eigenvalue weighted by Crippen LogP contribution is 2.40. The van der Waals surface area contributed by atoms with Gasteiger partial charge in [-0.2, -0.15) is 0 Å². The fourth-order valence-electron chi connectivity index (χ4n) is 5.11. The van der Waals surface area contributed by atoms with Crippen molar-refractivity contribution in [2.45, 2.75) is 58.0 Å². The number of carbonyl (C=O) groups excluding carboxylic acids is 1.